The van der Waals surface area contributed by atoms with Crippen molar-refractivity contribution in [2.75, 3.05) is 38.8 Å². The largest absolute Gasteiger partial charge is 0.497 e. The van der Waals surface area contributed by atoms with Crippen molar-refractivity contribution in [2.24, 2.45) is 5.92 Å². The fourth-order valence-electron chi connectivity index (χ4n) is 2.69. The van der Waals surface area contributed by atoms with Gasteiger partial charge >= 0.3 is 0 Å². The van der Waals surface area contributed by atoms with Crippen molar-refractivity contribution in [3.05, 3.63) is 24.3 Å². The Hall–Kier alpha value is -2.12. The molecule has 1 aromatic carbocycles. The van der Waals surface area contributed by atoms with Crippen LogP contribution in [0.15, 0.2) is 24.3 Å². The number of nitrogens with zero attached hydrogens (tertiary/aromatic N) is 1. The second-order valence-corrected chi connectivity index (χ2v) is 6.25. The third kappa shape index (κ3) is 4.46. The first kappa shape index (κ1) is 18.2. The number of carbonyl (C=O) groups excluding carboxylic acids is 2. The van der Waals surface area contributed by atoms with Crippen molar-refractivity contribution in [1.82, 2.24) is 5.32 Å². The molecule has 2 N–H and O–H groups in total. The number of anilines is 1. The van der Waals surface area contributed by atoms with E-state index in [4.69, 9.17) is 9.47 Å². The van der Waals surface area contributed by atoms with E-state index in [1.165, 1.54) is 7.11 Å². The first-order valence-corrected chi connectivity index (χ1v) is 7.80. The molecular weight excluding hydrogens is 312 g/mol. The summed E-state index contributed by atoms with van der Waals surface area (Å²) in [6, 6.07) is 7.18. The van der Waals surface area contributed by atoms with Crippen LogP contribution in [0.5, 0.6) is 5.75 Å². The third-order valence-corrected chi connectivity index (χ3v) is 3.96. The second kappa shape index (κ2) is 7.63. The first-order valence-electron chi connectivity index (χ1n) is 7.80. The van der Waals surface area contributed by atoms with Gasteiger partial charge in [-0.2, -0.15) is 0 Å². The summed E-state index contributed by atoms with van der Waals surface area (Å²) in [4.78, 5) is 26.1. The van der Waals surface area contributed by atoms with Crippen molar-refractivity contribution in [2.45, 2.75) is 18.9 Å². The van der Waals surface area contributed by atoms with Crippen LogP contribution in [-0.2, 0) is 14.3 Å². The van der Waals surface area contributed by atoms with Crippen LogP contribution in [0.2, 0.25) is 0 Å². The van der Waals surface area contributed by atoms with E-state index < -0.39 is 11.5 Å². The zero-order chi connectivity index (χ0) is 17.7. The monoisotopic (exact) mass is 336 g/mol. The number of benzene rings is 1. The summed E-state index contributed by atoms with van der Waals surface area (Å²) < 4.78 is 10.1. The van der Waals surface area contributed by atoms with Crippen molar-refractivity contribution in [3.8, 4) is 5.75 Å². The Morgan fingerprint density at radius 3 is 2.88 bits per heavy atom. The molecule has 1 saturated heterocycles. The van der Waals surface area contributed by atoms with Gasteiger partial charge in [-0.05, 0) is 19.1 Å². The lowest BCUT2D eigenvalue weighted by molar-refractivity contribution is -0.127. The van der Waals surface area contributed by atoms with Crippen molar-refractivity contribution < 1.29 is 24.2 Å². The Morgan fingerprint density at radius 2 is 2.21 bits per heavy atom. The molecule has 7 nitrogen and oxygen atoms in total. The first-order chi connectivity index (χ1) is 11.4. The maximum absolute atomic E-state index is 12.3. The Kier molecular flexibility index (Phi) is 5.80. The Labute approximate surface area is 141 Å². The molecule has 0 bridgehead atoms. The molecule has 2 rings (SSSR count). The van der Waals surface area contributed by atoms with E-state index in [-0.39, 0.29) is 31.4 Å². The summed E-state index contributed by atoms with van der Waals surface area (Å²) in [5, 5.41) is 12.7. The third-order valence-electron chi connectivity index (χ3n) is 3.96. The highest BCUT2D eigenvalue weighted by molar-refractivity contribution is 6.00. The lowest BCUT2D eigenvalue weighted by Crippen LogP contribution is -2.45. The molecule has 0 unspecified atom stereocenters. The molecule has 1 aromatic rings. The van der Waals surface area contributed by atoms with Crippen LogP contribution >= 0.6 is 0 Å². The molecule has 1 aliphatic heterocycles. The average molecular weight is 336 g/mol. The number of hydrogen-bond acceptors (Lipinski definition) is 5. The van der Waals surface area contributed by atoms with Gasteiger partial charge in [0, 0.05) is 38.4 Å². The van der Waals surface area contributed by atoms with E-state index in [9.17, 15) is 14.7 Å². The molecule has 0 aromatic heterocycles. The summed E-state index contributed by atoms with van der Waals surface area (Å²) in [6.45, 7) is 2.08. The lowest BCUT2D eigenvalue weighted by Gasteiger charge is -2.23. The minimum Gasteiger partial charge on any atom is -0.497 e. The van der Waals surface area contributed by atoms with Crippen LogP contribution in [0.25, 0.3) is 0 Å². The SMILES string of the molecule is COC[C@@](C)(O)CNC(=O)[C@H]1CC(=O)N(c2cccc(OC)c2)C1. The molecule has 2 amide bonds. The van der Waals surface area contributed by atoms with E-state index >= 15 is 0 Å². The Balaban J connectivity index is 1.97. The summed E-state index contributed by atoms with van der Waals surface area (Å²) in [7, 11) is 3.05. The van der Waals surface area contributed by atoms with Crippen LogP contribution in [0.4, 0.5) is 5.69 Å². The van der Waals surface area contributed by atoms with Gasteiger partial charge in [0.2, 0.25) is 11.8 Å². The highest BCUT2D eigenvalue weighted by atomic mass is 16.5. The number of amides is 2. The van der Waals surface area contributed by atoms with Crippen molar-refractivity contribution >= 4 is 17.5 Å². The fraction of sp³-hybridized carbons (Fsp3) is 0.529. The second-order valence-electron chi connectivity index (χ2n) is 6.25. The average Bonchev–Trinajstić information content (AvgIpc) is 2.94. The Bertz CT molecular complexity index is 602. The lowest BCUT2D eigenvalue weighted by atomic mass is 10.1. The molecular formula is C17H24N2O5. The van der Waals surface area contributed by atoms with Crippen molar-refractivity contribution in [1.29, 1.82) is 0 Å². The van der Waals surface area contributed by atoms with E-state index in [2.05, 4.69) is 5.32 Å². The summed E-state index contributed by atoms with van der Waals surface area (Å²) >= 11 is 0. The van der Waals surface area contributed by atoms with Gasteiger partial charge in [-0.25, -0.2) is 0 Å². The maximum atomic E-state index is 12.3. The van der Waals surface area contributed by atoms with Gasteiger partial charge in [0.25, 0.3) is 0 Å². The van der Waals surface area contributed by atoms with Gasteiger partial charge in [-0.15, -0.1) is 0 Å². The molecule has 132 valence electrons. The number of rotatable bonds is 7. The number of methoxy groups -OCH3 is 2. The summed E-state index contributed by atoms with van der Waals surface area (Å²) in [5.74, 6) is -0.136. The van der Waals surface area contributed by atoms with Crippen LogP contribution in [0.3, 0.4) is 0 Å². The van der Waals surface area contributed by atoms with Gasteiger partial charge in [-0.1, -0.05) is 6.07 Å². The topological polar surface area (TPSA) is 88.1 Å². The number of aliphatic hydroxyl groups is 1. The zero-order valence-corrected chi connectivity index (χ0v) is 14.2. The molecule has 7 heteroatoms. The molecule has 0 spiro atoms. The quantitative estimate of drug-likeness (QED) is 0.760. The predicted molar refractivity (Wildman–Crippen MR) is 89.0 cm³/mol. The van der Waals surface area contributed by atoms with E-state index in [1.54, 1.807) is 37.1 Å². The van der Waals surface area contributed by atoms with Crippen molar-refractivity contribution in [3.63, 3.8) is 0 Å². The summed E-state index contributed by atoms with van der Waals surface area (Å²) in [6.07, 6.45) is 0.148. The van der Waals surface area contributed by atoms with Gasteiger partial charge in [0.1, 0.15) is 11.4 Å². The van der Waals surface area contributed by atoms with Gasteiger partial charge in [0.05, 0.1) is 19.6 Å². The van der Waals surface area contributed by atoms with Gasteiger partial charge in [0.15, 0.2) is 0 Å². The molecule has 1 aliphatic rings. The highest BCUT2D eigenvalue weighted by Crippen LogP contribution is 2.28. The fourth-order valence-corrected chi connectivity index (χ4v) is 2.69. The standard InChI is InChI=1S/C17H24N2O5/c1-17(22,11-23-2)10-18-16(21)12-7-15(20)19(9-12)13-5-4-6-14(8-13)24-3/h4-6,8,12,22H,7,9-11H2,1-3H3,(H,18,21)/t12-,17-/m0/s1. The van der Waals surface area contributed by atoms with Gasteiger partial charge in [-0.3, -0.25) is 9.59 Å². The van der Waals surface area contributed by atoms with Crippen LogP contribution in [0.1, 0.15) is 13.3 Å². The molecule has 1 fully saturated rings. The van der Waals surface area contributed by atoms with Crippen LogP contribution in [-0.4, -0.2) is 56.4 Å². The number of nitrogens with one attached hydrogen (secondary N) is 1. The smallest absolute Gasteiger partial charge is 0.227 e. The minimum atomic E-state index is -1.14. The molecule has 2 atom stereocenters. The number of ether oxygens (including phenoxy) is 2. The van der Waals surface area contributed by atoms with Crippen LogP contribution in [0, 0.1) is 5.92 Å². The highest BCUT2D eigenvalue weighted by Gasteiger charge is 2.35. The molecule has 0 saturated carbocycles. The number of carbonyl (C=O) groups is 2. The molecule has 1 heterocycles. The molecule has 0 aliphatic carbocycles. The zero-order valence-electron chi connectivity index (χ0n) is 14.2. The summed E-state index contributed by atoms with van der Waals surface area (Å²) in [5.41, 5.74) is -0.430. The van der Waals surface area contributed by atoms with Crippen LogP contribution < -0.4 is 15.0 Å². The van der Waals surface area contributed by atoms with E-state index in [1.807, 2.05) is 6.07 Å². The minimum absolute atomic E-state index is 0.0729. The predicted octanol–water partition coefficient (Wildman–Crippen LogP) is 0.562. The number of hydrogen-bond donors (Lipinski definition) is 2. The Morgan fingerprint density at radius 1 is 1.46 bits per heavy atom. The normalized spacial score (nSPS) is 19.9. The van der Waals surface area contributed by atoms with Gasteiger partial charge < -0.3 is 24.8 Å². The maximum Gasteiger partial charge on any atom is 0.227 e. The molecule has 0 radical (unpaired) electrons. The van der Waals surface area contributed by atoms with E-state index in [0.717, 1.165) is 0 Å². The van der Waals surface area contributed by atoms with E-state index in [0.29, 0.717) is 18.0 Å². The molecule has 24 heavy (non-hydrogen) atoms.